The number of aliphatic hydroxyl groups is 2. The topological polar surface area (TPSA) is 104 Å². The maximum Gasteiger partial charge on any atom is 0.236 e. The second-order valence-corrected chi connectivity index (χ2v) is 9.01. The first-order valence-electron chi connectivity index (χ1n) is 7.63. The van der Waals surface area contributed by atoms with Crippen molar-refractivity contribution in [2.75, 3.05) is 24.7 Å². The zero-order chi connectivity index (χ0) is 17.3. The monoisotopic (exact) mass is 372 g/mol. The van der Waals surface area contributed by atoms with Gasteiger partial charge in [0.1, 0.15) is 5.76 Å². The second kappa shape index (κ2) is 6.93. The lowest BCUT2D eigenvalue weighted by Crippen LogP contribution is -2.44. The number of oxazole rings is 1. The van der Waals surface area contributed by atoms with Crippen LogP contribution in [-0.4, -0.2) is 65.3 Å². The first kappa shape index (κ1) is 17.6. The maximum absolute atomic E-state index is 11.8. The molecule has 132 valence electrons. The molecule has 7 nitrogen and oxygen atoms in total. The van der Waals surface area contributed by atoms with Crippen molar-refractivity contribution in [1.29, 1.82) is 0 Å². The molecule has 2 N–H and O–H groups in total. The van der Waals surface area contributed by atoms with Gasteiger partial charge in [-0.15, -0.1) is 11.3 Å². The summed E-state index contributed by atoms with van der Waals surface area (Å²) in [7, 11) is -3.26. The van der Waals surface area contributed by atoms with E-state index in [-0.39, 0.29) is 24.7 Å². The molecule has 24 heavy (non-hydrogen) atoms. The SMILES string of the molecule is Cc1oc(-c2cccs2)nc1CN(CCO)[C@@H]1CS(=O)(=O)C[C@H]1O. The minimum absolute atomic E-state index is 0.108. The third-order valence-electron chi connectivity index (χ3n) is 4.13. The van der Waals surface area contributed by atoms with Crippen molar-refractivity contribution in [3.05, 3.63) is 29.0 Å². The highest BCUT2D eigenvalue weighted by Crippen LogP contribution is 2.27. The van der Waals surface area contributed by atoms with Gasteiger partial charge >= 0.3 is 0 Å². The van der Waals surface area contributed by atoms with Gasteiger partial charge in [0.15, 0.2) is 9.84 Å². The fourth-order valence-electron chi connectivity index (χ4n) is 2.92. The molecule has 2 atom stereocenters. The van der Waals surface area contributed by atoms with Crippen molar-refractivity contribution in [3.8, 4) is 10.8 Å². The average Bonchev–Trinajstić information content (AvgIpc) is 3.19. The molecule has 0 saturated carbocycles. The standard InChI is InChI=1S/C15H20N2O5S2/c1-10-11(16-15(22-10)14-3-2-6-23-14)7-17(4-5-18)12-8-24(20,21)9-13(12)19/h2-3,6,12-13,18-19H,4-5,7-9H2,1H3/t12-,13-/m1/s1. The Labute approximate surface area is 144 Å². The predicted molar refractivity (Wildman–Crippen MR) is 90.5 cm³/mol. The fraction of sp³-hybridized carbons (Fsp3) is 0.533. The summed E-state index contributed by atoms with van der Waals surface area (Å²) < 4.78 is 29.2. The van der Waals surface area contributed by atoms with Crippen molar-refractivity contribution in [2.45, 2.75) is 25.6 Å². The van der Waals surface area contributed by atoms with Crippen molar-refractivity contribution in [2.24, 2.45) is 0 Å². The highest BCUT2D eigenvalue weighted by Gasteiger charge is 2.40. The summed E-state index contributed by atoms with van der Waals surface area (Å²) in [6, 6.07) is 3.29. The fourth-order valence-corrected chi connectivity index (χ4v) is 5.40. The van der Waals surface area contributed by atoms with Crippen LogP contribution in [0.1, 0.15) is 11.5 Å². The number of hydrogen-bond acceptors (Lipinski definition) is 8. The van der Waals surface area contributed by atoms with Crippen LogP contribution in [0.3, 0.4) is 0 Å². The van der Waals surface area contributed by atoms with Gasteiger partial charge in [-0.25, -0.2) is 13.4 Å². The minimum Gasteiger partial charge on any atom is -0.440 e. The van der Waals surface area contributed by atoms with E-state index in [4.69, 9.17) is 4.42 Å². The number of thiophene rings is 1. The molecule has 0 bridgehead atoms. The Hall–Kier alpha value is -1.26. The molecular formula is C15H20N2O5S2. The highest BCUT2D eigenvalue weighted by atomic mass is 32.2. The lowest BCUT2D eigenvalue weighted by Gasteiger charge is -2.28. The number of sulfone groups is 1. The van der Waals surface area contributed by atoms with Crippen LogP contribution < -0.4 is 0 Å². The first-order valence-corrected chi connectivity index (χ1v) is 10.3. The van der Waals surface area contributed by atoms with Gasteiger partial charge in [-0.1, -0.05) is 6.07 Å². The van der Waals surface area contributed by atoms with Crippen LogP contribution in [0.15, 0.2) is 21.9 Å². The minimum atomic E-state index is -3.26. The Morgan fingerprint density at radius 1 is 1.46 bits per heavy atom. The van der Waals surface area contributed by atoms with E-state index in [1.54, 1.807) is 11.8 Å². The Balaban J connectivity index is 1.81. The van der Waals surface area contributed by atoms with Crippen LogP contribution in [0.2, 0.25) is 0 Å². The zero-order valence-electron chi connectivity index (χ0n) is 13.3. The molecule has 9 heteroatoms. The summed E-state index contributed by atoms with van der Waals surface area (Å²) >= 11 is 1.52. The molecule has 3 rings (SSSR count). The molecule has 0 aliphatic carbocycles. The molecule has 0 amide bonds. The summed E-state index contributed by atoms with van der Waals surface area (Å²) in [5.41, 5.74) is 0.684. The average molecular weight is 372 g/mol. The predicted octanol–water partition coefficient (Wildman–Crippen LogP) is 0.664. The van der Waals surface area contributed by atoms with Gasteiger partial charge in [0, 0.05) is 13.1 Å². The van der Waals surface area contributed by atoms with Gasteiger partial charge in [-0.05, 0) is 18.4 Å². The zero-order valence-corrected chi connectivity index (χ0v) is 14.9. The van der Waals surface area contributed by atoms with Crippen LogP contribution in [0, 0.1) is 6.92 Å². The number of aliphatic hydroxyl groups excluding tert-OH is 2. The van der Waals surface area contributed by atoms with Crippen LogP contribution in [0.5, 0.6) is 0 Å². The summed E-state index contributed by atoms with van der Waals surface area (Å²) in [5.74, 6) is 0.832. The van der Waals surface area contributed by atoms with Gasteiger partial charge in [0.25, 0.3) is 0 Å². The van der Waals surface area contributed by atoms with E-state index in [2.05, 4.69) is 4.98 Å². The van der Waals surface area contributed by atoms with Gasteiger partial charge in [0.2, 0.25) is 5.89 Å². The Morgan fingerprint density at radius 3 is 2.83 bits per heavy atom. The molecule has 2 aromatic heterocycles. The number of aromatic nitrogens is 1. The van der Waals surface area contributed by atoms with Crippen molar-refractivity contribution in [1.82, 2.24) is 9.88 Å². The van der Waals surface area contributed by atoms with Crippen LogP contribution >= 0.6 is 11.3 Å². The van der Waals surface area contributed by atoms with Gasteiger partial charge in [0.05, 0.1) is 40.8 Å². The first-order chi connectivity index (χ1) is 11.4. The van der Waals surface area contributed by atoms with Crippen molar-refractivity contribution < 1.29 is 23.0 Å². The van der Waals surface area contributed by atoms with Crippen LogP contribution in [0.4, 0.5) is 0 Å². The Morgan fingerprint density at radius 2 is 2.25 bits per heavy atom. The smallest absolute Gasteiger partial charge is 0.236 e. The Kier molecular flexibility index (Phi) is 5.07. The van der Waals surface area contributed by atoms with Gasteiger partial charge < -0.3 is 14.6 Å². The number of nitrogens with zero attached hydrogens (tertiary/aromatic N) is 2. The van der Waals surface area contributed by atoms with E-state index in [1.807, 2.05) is 17.5 Å². The van der Waals surface area contributed by atoms with E-state index in [9.17, 15) is 18.6 Å². The molecule has 0 spiro atoms. The number of hydrogen-bond donors (Lipinski definition) is 2. The molecule has 1 saturated heterocycles. The van der Waals surface area contributed by atoms with Gasteiger partial charge in [-0.2, -0.15) is 0 Å². The highest BCUT2D eigenvalue weighted by molar-refractivity contribution is 7.91. The normalized spacial score (nSPS) is 23.2. The molecule has 1 aliphatic rings. The molecule has 2 aromatic rings. The van der Waals surface area contributed by atoms with E-state index < -0.39 is 22.0 Å². The van der Waals surface area contributed by atoms with E-state index in [0.29, 0.717) is 23.9 Å². The third-order valence-corrected chi connectivity index (χ3v) is 6.68. The number of rotatable bonds is 6. The van der Waals surface area contributed by atoms with E-state index in [1.165, 1.54) is 11.3 Å². The summed E-state index contributed by atoms with van der Waals surface area (Å²) in [6.45, 7) is 2.26. The largest absolute Gasteiger partial charge is 0.440 e. The molecule has 0 radical (unpaired) electrons. The van der Waals surface area contributed by atoms with Crippen molar-refractivity contribution in [3.63, 3.8) is 0 Å². The third kappa shape index (κ3) is 3.70. The Bertz CT molecular complexity index is 785. The maximum atomic E-state index is 11.8. The molecule has 0 aromatic carbocycles. The lowest BCUT2D eigenvalue weighted by atomic mass is 10.1. The van der Waals surface area contributed by atoms with Crippen LogP contribution in [-0.2, 0) is 16.4 Å². The summed E-state index contributed by atoms with van der Waals surface area (Å²) in [6.07, 6.45) is -0.953. The molecule has 3 heterocycles. The van der Waals surface area contributed by atoms with Gasteiger partial charge in [-0.3, -0.25) is 4.90 Å². The van der Waals surface area contributed by atoms with E-state index >= 15 is 0 Å². The molecule has 1 aliphatic heterocycles. The number of aryl methyl sites for hydroxylation is 1. The molecular weight excluding hydrogens is 352 g/mol. The quantitative estimate of drug-likeness (QED) is 0.768. The van der Waals surface area contributed by atoms with E-state index in [0.717, 1.165) is 4.88 Å². The second-order valence-electron chi connectivity index (χ2n) is 5.90. The lowest BCUT2D eigenvalue weighted by molar-refractivity contribution is 0.0645. The summed E-state index contributed by atoms with van der Waals surface area (Å²) in [4.78, 5) is 7.18. The summed E-state index contributed by atoms with van der Waals surface area (Å²) in [5, 5.41) is 21.3. The van der Waals surface area contributed by atoms with Crippen LogP contribution in [0.25, 0.3) is 10.8 Å². The molecule has 1 fully saturated rings. The van der Waals surface area contributed by atoms with Crippen molar-refractivity contribution >= 4 is 21.2 Å². The molecule has 0 unspecified atom stereocenters.